The van der Waals surface area contributed by atoms with Crippen LogP contribution in [0.4, 0.5) is 4.79 Å². The van der Waals surface area contributed by atoms with Crippen molar-refractivity contribution in [2.24, 2.45) is 10.5 Å². The number of carbonyl (C=O) groups excluding carboxylic acids is 3. The Labute approximate surface area is 238 Å². The summed E-state index contributed by atoms with van der Waals surface area (Å²) in [5, 5.41) is 9.24. The molecule has 1 fully saturated rings. The van der Waals surface area contributed by atoms with Gasteiger partial charge in [0.2, 0.25) is 5.91 Å². The van der Waals surface area contributed by atoms with Crippen LogP contribution >= 0.6 is 23.2 Å². The molecule has 208 valence electrons. The molecule has 0 saturated carbocycles. The monoisotopic (exact) mass is 574 g/mol. The summed E-state index contributed by atoms with van der Waals surface area (Å²) < 4.78 is 11.2. The third-order valence-corrected chi connectivity index (χ3v) is 6.94. The molecule has 2 aliphatic rings. The summed E-state index contributed by atoms with van der Waals surface area (Å²) >= 11 is 12.2. The van der Waals surface area contributed by atoms with Crippen molar-refractivity contribution in [3.05, 3.63) is 64.1 Å². The van der Waals surface area contributed by atoms with E-state index in [0.717, 1.165) is 11.3 Å². The molecule has 9 nitrogen and oxygen atoms in total. The summed E-state index contributed by atoms with van der Waals surface area (Å²) in [7, 11) is 1.63. The average Bonchev–Trinajstić information content (AvgIpc) is 3.09. The van der Waals surface area contributed by atoms with Crippen LogP contribution in [0.5, 0.6) is 5.75 Å². The molecule has 0 bridgehead atoms. The summed E-state index contributed by atoms with van der Waals surface area (Å²) in [5.74, 6) is -0.222. The number of benzene rings is 2. The number of piperidine rings is 1. The molecule has 11 heteroatoms. The lowest BCUT2D eigenvalue weighted by Gasteiger charge is -2.40. The minimum Gasteiger partial charge on any atom is -0.491 e. The molecule has 4 rings (SSSR count). The van der Waals surface area contributed by atoms with E-state index in [1.54, 1.807) is 50.9 Å². The highest BCUT2D eigenvalue weighted by atomic mass is 35.5. The van der Waals surface area contributed by atoms with Gasteiger partial charge in [0.25, 0.3) is 5.91 Å². The van der Waals surface area contributed by atoms with Gasteiger partial charge in [-0.25, -0.2) is 9.80 Å². The molecule has 0 radical (unpaired) electrons. The van der Waals surface area contributed by atoms with Crippen molar-refractivity contribution < 1.29 is 23.9 Å². The van der Waals surface area contributed by atoms with Crippen LogP contribution in [0, 0.1) is 5.41 Å². The number of amides is 3. The van der Waals surface area contributed by atoms with Crippen molar-refractivity contribution in [3.63, 3.8) is 0 Å². The first-order chi connectivity index (χ1) is 18.4. The highest BCUT2D eigenvalue weighted by molar-refractivity contribution is 6.34. The van der Waals surface area contributed by atoms with Crippen LogP contribution in [0.2, 0.25) is 10.0 Å². The smallest absolute Gasteiger partial charge is 0.408 e. The molecular weight excluding hydrogens is 543 g/mol. The first-order valence-corrected chi connectivity index (χ1v) is 13.4. The van der Waals surface area contributed by atoms with Crippen LogP contribution in [0.3, 0.4) is 0 Å². The van der Waals surface area contributed by atoms with Crippen molar-refractivity contribution in [1.29, 1.82) is 0 Å². The van der Waals surface area contributed by atoms with E-state index >= 15 is 0 Å². The largest absolute Gasteiger partial charge is 0.491 e. The van der Waals surface area contributed by atoms with Gasteiger partial charge in [-0.1, -0.05) is 53.5 Å². The average molecular weight is 575 g/mol. The van der Waals surface area contributed by atoms with Gasteiger partial charge in [-0.2, -0.15) is 5.10 Å². The number of nitrogens with zero attached hydrogens (tertiary/aromatic N) is 3. The number of fused-ring (bicyclic) bond motifs is 1. The molecule has 2 aromatic rings. The Morgan fingerprint density at radius 1 is 1.13 bits per heavy atom. The first kappa shape index (κ1) is 28.7. The minimum atomic E-state index is -1.10. The van der Waals surface area contributed by atoms with Crippen LogP contribution in [-0.4, -0.2) is 71.9 Å². The number of rotatable bonds is 7. The maximum atomic E-state index is 13.9. The van der Waals surface area contributed by atoms with Crippen molar-refractivity contribution in [1.82, 2.24) is 15.2 Å². The van der Waals surface area contributed by atoms with Crippen LogP contribution in [0.1, 0.15) is 32.8 Å². The molecule has 2 aromatic carbocycles. The molecule has 0 spiro atoms. The SMILES string of the molecule is CN1N=C2CCN(C(=O)[C@@H](COc3cc(Cl)cc(Cl)c3)NC(=O)OC(C)(C)C)C[C@@]2(Cc2ccccc2)C1=O. The molecule has 0 aromatic heterocycles. The zero-order valence-electron chi connectivity index (χ0n) is 22.4. The van der Waals surface area contributed by atoms with Crippen molar-refractivity contribution in [2.75, 3.05) is 26.7 Å². The number of nitrogens with one attached hydrogen (secondary N) is 1. The number of hydrazone groups is 1. The number of carbonyl (C=O) groups is 3. The first-order valence-electron chi connectivity index (χ1n) is 12.6. The molecule has 2 atom stereocenters. The minimum absolute atomic E-state index is 0.123. The second-order valence-electron chi connectivity index (χ2n) is 10.7. The summed E-state index contributed by atoms with van der Waals surface area (Å²) in [4.78, 5) is 41.6. The van der Waals surface area contributed by atoms with Gasteiger partial charge in [0.1, 0.15) is 29.4 Å². The molecular formula is C28H32Cl2N4O5. The third-order valence-electron chi connectivity index (χ3n) is 6.51. The Balaban J connectivity index is 1.58. The summed E-state index contributed by atoms with van der Waals surface area (Å²) in [5.41, 5.74) is -0.0325. The van der Waals surface area contributed by atoms with Gasteiger partial charge in [0.15, 0.2) is 0 Å². The zero-order valence-corrected chi connectivity index (χ0v) is 23.9. The fraction of sp³-hybridized carbons (Fsp3) is 0.429. The van der Waals surface area contributed by atoms with E-state index in [1.807, 2.05) is 30.3 Å². The molecule has 39 heavy (non-hydrogen) atoms. The number of ether oxygens (including phenoxy) is 2. The quantitative estimate of drug-likeness (QED) is 0.522. The molecule has 2 heterocycles. The molecule has 0 unspecified atom stereocenters. The number of halogens is 2. The van der Waals surface area contributed by atoms with Gasteiger partial charge in [-0.3, -0.25) is 9.59 Å². The Hall–Kier alpha value is -3.30. The van der Waals surface area contributed by atoms with Crippen LogP contribution in [-0.2, 0) is 20.7 Å². The number of hydrogen-bond acceptors (Lipinski definition) is 6. The van der Waals surface area contributed by atoms with Gasteiger partial charge in [-0.05, 0) is 51.0 Å². The predicted octanol–water partition coefficient (Wildman–Crippen LogP) is 4.55. The Bertz CT molecular complexity index is 1260. The Morgan fingerprint density at radius 3 is 2.44 bits per heavy atom. The summed E-state index contributed by atoms with van der Waals surface area (Å²) in [6, 6.07) is 13.2. The lowest BCUT2D eigenvalue weighted by Crippen LogP contribution is -2.60. The molecule has 0 aliphatic carbocycles. The number of likely N-dealkylation sites (tertiary alicyclic amines) is 1. The Kier molecular flexibility index (Phi) is 8.42. The van der Waals surface area contributed by atoms with Gasteiger partial charge in [0.05, 0.1) is 5.71 Å². The third kappa shape index (κ3) is 6.83. The van der Waals surface area contributed by atoms with Crippen molar-refractivity contribution in [3.8, 4) is 5.75 Å². The summed E-state index contributed by atoms with van der Waals surface area (Å²) in [6.45, 7) is 5.45. The van der Waals surface area contributed by atoms with Gasteiger partial charge >= 0.3 is 6.09 Å². The van der Waals surface area contributed by atoms with Crippen molar-refractivity contribution >= 4 is 46.8 Å². The normalized spacial score (nSPS) is 19.7. The topological polar surface area (TPSA) is 101 Å². The predicted molar refractivity (Wildman–Crippen MR) is 149 cm³/mol. The molecule has 1 saturated heterocycles. The van der Waals surface area contributed by atoms with Crippen LogP contribution in [0.15, 0.2) is 53.6 Å². The molecule has 2 aliphatic heterocycles. The lowest BCUT2D eigenvalue weighted by atomic mass is 9.73. The van der Waals surface area contributed by atoms with E-state index in [0.29, 0.717) is 35.2 Å². The van der Waals surface area contributed by atoms with E-state index < -0.39 is 29.1 Å². The maximum absolute atomic E-state index is 13.9. The van der Waals surface area contributed by atoms with E-state index in [-0.39, 0.29) is 19.1 Å². The van der Waals surface area contributed by atoms with Gasteiger partial charge < -0.3 is 19.7 Å². The second-order valence-corrected chi connectivity index (χ2v) is 11.6. The number of hydrogen-bond donors (Lipinski definition) is 1. The van der Waals surface area contributed by atoms with E-state index in [2.05, 4.69) is 10.4 Å². The maximum Gasteiger partial charge on any atom is 0.408 e. The lowest BCUT2D eigenvalue weighted by molar-refractivity contribution is -0.141. The standard InChI is InChI=1S/C28H32Cl2N4O5/c1-27(2,3)39-26(37)31-22(16-38-21-13-19(29)12-20(30)14-21)24(35)34-11-10-23-28(17-34,25(36)33(4)32-23)15-18-8-6-5-7-9-18/h5-9,12-14,22H,10-11,15-17H2,1-4H3,(H,31,37)/t22-,28-/m1/s1. The van der Waals surface area contributed by atoms with E-state index in [4.69, 9.17) is 32.7 Å². The molecule has 3 amide bonds. The number of alkyl carbamates (subject to hydrolysis) is 1. The molecule has 1 N–H and O–H groups in total. The van der Waals surface area contributed by atoms with Gasteiger partial charge in [-0.15, -0.1) is 0 Å². The highest BCUT2D eigenvalue weighted by Crippen LogP contribution is 2.38. The summed E-state index contributed by atoms with van der Waals surface area (Å²) in [6.07, 6.45) is 0.0726. The van der Waals surface area contributed by atoms with Crippen LogP contribution < -0.4 is 10.1 Å². The fourth-order valence-corrected chi connectivity index (χ4v) is 5.36. The van der Waals surface area contributed by atoms with Crippen molar-refractivity contribution in [2.45, 2.75) is 45.3 Å². The zero-order chi connectivity index (χ0) is 28.4. The second kappa shape index (κ2) is 11.4. The highest BCUT2D eigenvalue weighted by Gasteiger charge is 2.54. The van der Waals surface area contributed by atoms with E-state index in [9.17, 15) is 14.4 Å². The van der Waals surface area contributed by atoms with Crippen LogP contribution in [0.25, 0.3) is 0 Å². The Morgan fingerprint density at radius 2 is 1.79 bits per heavy atom. The fourth-order valence-electron chi connectivity index (χ4n) is 4.85. The van der Waals surface area contributed by atoms with Gasteiger partial charge in [0, 0.05) is 36.6 Å². The van der Waals surface area contributed by atoms with E-state index in [1.165, 1.54) is 5.01 Å².